The molecule has 2 unspecified atom stereocenters. The van der Waals surface area contributed by atoms with Crippen LogP contribution in [0.2, 0.25) is 0 Å². The van der Waals surface area contributed by atoms with Crippen molar-refractivity contribution in [2.24, 2.45) is 5.92 Å². The molecule has 0 aromatic carbocycles. The molecule has 0 saturated carbocycles. The minimum atomic E-state index is -0.226. The molecule has 1 amide bonds. The highest BCUT2D eigenvalue weighted by Crippen LogP contribution is 2.28. The molecule has 98 valence electrons. The monoisotopic (exact) mass is 257 g/mol. The molecule has 0 spiro atoms. The molecule has 0 aromatic heterocycles. The molecule has 0 radical (unpaired) electrons. The molecular weight excluding hydrogens is 234 g/mol. The van der Waals surface area contributed by atoms with Gasteiger partial charge >= 0.3 is 0 Å². The van der Waals surface area contributed by atoms with Gasteiger partial charge < -0.3 is 10.0 Å². The molecule has 3 nitrogen and oxygen atoms in total. The molecule has 0 bridgehead atoms. The number of thioether (sulfide) groups is 1. The van der Waals surface area contributed by atoms with Crippen molar-refractivity contribution < 1.29 is 9.90 Å². The summed E-state index contributed by atoms with van der Waals surface area (Å²) in [4.78, 5) is 14.3. The standard InChI is InChI=1S/C13H23NO2S/c1-10(15)11-5-7-14(8-6-11)13(16)12-4-2-3-9-17-12/h10-12,15H,2-9H2,1H3. The van der Waals surface area contributed by atoms with Gasteiger partial charge in [0.1, 0.15) is 0 Å². The van der Waals surface area contributed by atoms with E-state index < -0.39 is 0 Å². The average Bonchev–Trinajstić information content (AvgIpc) is 2.39. The lowest BCUT2D eigenvalue weighted by Crippen LogP contribution is -2.44. The maximum Gasteiger partial charge on any atom is 0.235 e. The molecule has 17 heavy (non-hydrogen) atoms. The van der Waals surface area contributed by atoms with Crippen LogP contribution >= 0.6 is 11.8 Å². The third kappa shape index (κ3) is 3.38. The number of rotatable bonds is 2. The molecule has 2 heterocycles. The van der Waals surface area contributed by atoms with Gasteiger partial charge in [0, 0.05) is 13.1 Å². The van der Waals surface area contributed by atoms with Crippen LogP contribution in [-0.4, -0.2) is 46.1 Å². The maximum atomic E-state index is 12.3. The highest BCUT2D eigenvalue weighted by atomic mass is 32.2. The number of aliphatic hydroxyl groups excluding tert-OH is 1. The Morgan fingerprint density at radius 1 is 1.29 bits per heavy atom. The normalized spacial score (nSPS) is 29.1. The average molecular weight is 257 g/mol. The van der Waals surface area contributed by atoms with Gasteiger partial charge in [0.15, 0.2) is 0 Å². The van der Waals surface area contributed by atoms with Gasteiger partial charge in [-0.05, 0) is 44.3 Å². The smallest absolute Gasteiger partial charge is 0.235 e. The largest absolute Gasteiger partial charge is 0.393 e. The number of carbonyl (C=O) groups excluding carboxylic acids is 1. The van der Waals surface area contributed by atoms with Gasteiger partial charge in [-0.15, -0.1) is 11.8 Å². The summed E-state index contributed by atoms with van der Waals surface area (Å²) in [5.41, 5.74) is 0. The summed E-state index contributed by atoms with van der Waals surface area (Å²) < 4.78 is 0. The Labute approximate surface area is 108 Å². The second-order valence-corrected chi connectivity index (χ2v) is 6.57. The summed E-state index contributed by atoms with van der Waals surface area (Å²) >= 11 is 1.83. The van der Waals surface area contributed by atoms with Gasteiger partial charge in [-0.2, -0.15) is 0 Å². The van der Waals surface area contributed by atoms with E-state index in [4.69, 9.17) is 0 Å². The van der Waals surface area contributed by atoms with Crippen molar-refractivity contribution >= 4 is 17.7 Å². The summed E-state index contributed by atoms with van der Waals surface area (Å²) in [5, 5.41) is 9.76. The minimum Gasteiger partial charge on any atom is -0.393 e. The molecule has 0 aromatic rings. The first kappa shape index (κ1) is 13.2. The molecule has 2 fully saturated rings. The molecule has 1 N–H and O–H groups in total. The summed E-state index contributed by atoms with van der Waals surface area (Å²) in [6.07, 6.45) is 5.21. The molecule has 2 saturated heterocycles. The van der Waals surface area contributed by atoms with Crippen LogP contribution in [0, 0.1) is 5.92 Å². The van der Waals surface area contributed by atoms with E-state index >= 15 is 0 Å². The van der Waals surface area contributed by atoms with Gasteiger partial charge in [0.2, 0.25) is 5.91 Å². The van der Waals surface area contributed by atoms with E-state index in [1.165, 1.54) is 12.8 Å². The molecule has 2 rings (SSSR count). The zero-order valence-electron chi connectivity index (χ0n) is 10.6. The lowest BCUT2D eigenvalue weighted by molar-refractivity contribution is -0.132. The highest BCUT2D eigenvalue weighted by molar-refractivity contribution is 8.00. The van der Waals surface area contributed by atoms with E-state index in [-0.39, 0.29) is 11.4 Å². The topological polar surface area (TPSA) is 40.5 Å². The molecule has 2 aliphatic rings. The van der Waals surface area contributed by atoms with E-state index in [2.05, 4.69) is 0 Å². The van der Waals surface area contributed by atoms with Crippen molar-refractivity contribution in [3.8, 4) is 0 Å². The van der Waals surface area contributed by atoms with Crippen LogP contribution in [0.1, 0.15) is 39.0 Å². The number of carbonyl (C=O) groups is 1. The van der Waals surface area contributed by atoms with Crippen LogP contribution in [0.15, 0.2) is 0 Å². The zero-order valence-corrected chi connectivity index (χ0v) is 11.4. The maximum absolute atomic E-state index is 12.3. The van der Waals surface area contributed by atoms with Gasteiger partial charge in [0.25, 0.3) is 0 Å². The summed E-state index contributed by atoms with van der Waals surface area (Å²) in [5.74, 6) is 1.87. The number of nitrogens with zero attached hydrogens (tertiary/aromatic N) is 1. The van der Waals surface area contributed by atoms with Gasteiger partial charge in [-0.1, -0.05) is 6.42 Å². The van der Waals surface area contributed by atoms with Gasteiger partial charge in [-0.25, -0.2) is 0 Å². The predicted octanol–water partition coefficient (Wildman–Crippen LogP) is 1.89. The Bertz CT molecular complexity index is 256. The Kier molecular flexibility index (Phi) is 4.74. The number of amides is 1. The molecule has 2 atom stereocenters. The van der Waals surface area contributed by atoms with E-state index in [0.717, 1.165) is 38.1 Å². The quantitative estimate of drug-likeness (QED) is 0.821. The number of aliphatic hydroxyl groups is 1. The van der Waals surface area contributed by atoms with Gasteiger partial charge in [0.05, 0.1) is 11.4 Å². The van der Waals surface area contributed by atoms with E-state index in [0.29, 0.717) is 11.8 Å². The number of hydrogen-bond donors (Lipinski definition) is 1. The van der Waals surface area contributed by atoms with Crippen LogP contribution in [0.5, 0.6) is 0 Å². The van der Waals surface area contributed by atoms with Crippen molar-refractivity contribution in [3.05, 3.63) is 0 Å². The van der Waals surface area contributed by atoms with Gasteiger partial charge in [-0.3, -0.25) is 4.79 Å². The van der Waals surface area contributed by atoms with Crippen molar-refractivity contribution in [2.75, 3.05) is 18.8 Å². The third-order valence-electron chi connectivity index (χ3n) is 3.99. The first-order chi connectivity index (χ1) is 8.18. The summed E-state index contributed by atoms with van der Waals surface area (Å²) in [7, 11) is 0. The summed E-state index contributed by atoms with van der Waals surface area (Å²) in [6.45, 7) is 3.54. The van der Waals surface area contributed by atoms with Crippen LogP contribution < -0.4 is 0 Å². The fraction of sp³-hybridized carbons (Fsp3) is 0.923. The van der Waals surface area contributed by atoms with Crippen LogP contribution in [-0.2, 0) is 4.79 Å². The minimum absolute atomic E-state index is 0.215. The van der Waals surface area contributed by atoms with Crippen LogP contribution in [0.25, 0.3) is 0 Å². The second kappa shape index (κ2) is 6.10. The Balaban J connectivity index is 1.81. The first-order valence-corrected chi connectivity index (χ1v) is 7.82. The second-order valence-electron chi connectivity index (χ2n) is 5.26. The zero-order chi connectivity index (χ0) is 12.3. The fourth-order valence-electron chi connectivity index (χ4n) is 2.74. The predicted molar refractivity (Wildman–Crippen MR) is 71.1 cm³/mol. The van der Waals surface area contributed by atoms with E-state index in [1.54, 1.807) is 0 Å². The first-order valence-electron chi connectivity index (χ1n) is 6.77. The molecule has 4 heteroatoms. The Morgan fingerprint density at radius 3 is 2.53 bits per heavy atom. The Hall–Kier alpha value is -0.220. The van der Waals surface area contributed by atoms with Crippen LogP contribution in [0.3, 0.4) is 0 Å². The lowest BCUT2D eigenvalue weighted by atomic mass is 9.92. The van der Waals surface area contributed by atoms with Crippen molar-refractivity contribution in [1.82, 2.24) is 4.90 Å². The molecule has 2 aliphatic heterocycles. The summed E-state index contributed by atoms with van der Waals surface area (Å²) in [6, 6.07) is 0. The fourth-order valence-corrected chi connectivity index (χ4v) is 4.02. The third-order valence-corrected chi connectivity index (χ3v) is 5.35. The van der Waals surface area contributed by atoms with Crippen LogP contribution in [0.4, 0.5) is 0 Å². The number of hydrogen-bond acceptors (Lipinski definition) is 3. The SMILES string of the molecule is CC(O)C1CCN(C(=O)C2CCCCS2)CC1. The number of likely N-dealkylation sites (tertiary alicyclic amines) is 1. The lowest BCUT2D eigenvalue weighted by Gasteiger charge is -2.35. The van der Waals surface area contributed by atoms with E-state index in [1.807, 2.05) is 23.6 Å². The Morgan fingerprint density at radius 2 is 2.00 bits per heavy atom. The molecular formula is C13H23NO2S. The number of piperidine rings is 1. The highest BCUT2D eigenvalue weighted by Gasteiger charge is 2.30. The van der Waals surface area contributed by atoms with Crippen molar-refractivity contribution in [3.63, 3.8) is 0 Å². The molecule has 0 aliphatic carbocycles. The van der Waals surface area contributed by atoms with Crippen molar-refractivity contribution in [2.45, 2.75) is 50.4 Å². The van der Waals surface area contributed by atoms with E-state index in [9.17, 15) is 9.90 Å². The van der Waals surface area contributed by atoms with Crippen molar-refractivity contribution in [1.29, 1.82) is 0 Å².